The van der Waals surface area contributed by atoms with E-state index in [0.29, 0.717) is 16.7 Å². The quantitative estimate of drug-likeness (QED) is 0.405. The van der Waals surface area contributed by atoms with E-state index < -0.39 is 34.9 Å². The van der Waals surface area contributed by atoms with E-state index >= 15 is 0 Å². The van der Waals surface area contributed by atoms with Crippen LogP contribution in [-0.2, 0) is 9.53 Å². The Morgan fingerprint density at radius 1 is 1.26 bits per heavy atom. The van der Waals surface area contributed by atoms with Crippen molar-refractivity contribution in [2.45, 2.75) is 13.0 Å². The molecule has 0 aliphatic heterocycles. The van der Waals surface area contributed by atoms with Gasteiger partial charge in [-0.05, 0) is 37.3 Å². The minimum absolute atomic E-state index is 0.0623. The van der Waals surface area contributed by atoms with Crippen LogP contribution in [0.5, 0.6) is 0 Å². The number of nitrogens with one attached hydrogen (secondary N) is 3. The Morgan fingerprint density at radius 3 is 2.65 bits per heavy atom. The maximum absolute atomic E-state index is 14.9. The van der Waals surface area contributed by atoms with Crippen molar-refractivity contribution < 1.29 is 18.3 Å². The van der Waals surface area contributed by atoms with Crippen molar-refractivity contribution in [3.8, 4) is 16.9 Å². The van der Waals surface area contributed by atoms with Gasteiger partial charge in [0.15, 0.2) is 0 Å². The fourth-order valence-corrected chi connectivity index (χ4v) is 3.50. The van der Waals surface area contributed by atoms with Gasteiger partial charge in [-0.1, -0.05) is 11.6 Å². The molecule has 4 rings (SSSR count). The number of carbonyl (C=O) groups is 1. The summed E-state index contributed by atoms with van der Waals surface area (Å²) < 4.78 is 35.5. The Bertz CT molecular complexity index is 1340. The van der Waals surface area contributed by atoms with Crippen LogP contribution in [0.1, 0.15) is 6.92 Å². The zero-order valence-electron chi connectivity index (χ0n) is 16.3. The number of fused-ring (bicyclic) bond motifs is 1. The zero-order chi connectivity index (χ0) is 22.3. The van der Waals surface area contributed by atoms with Crippen molar-refractivity contribution in [3.63, 3.8) is 0 Å². The lowest BCUT2D eigenvalue weighted by molar-refractivity contribution is -0.141. The molecule has 0 aliphatic rings. The number of aromatic amines is 2. The number of esters is 1. The lowest BCUT2D eigenvalue weighted by Crippen LogP contribution is -2.27. The van der Waals surface area contributed by atoms with Gasteiger partial charge >= 0.3 is 11.7 Å². The number of anilines is 1. The maximum Gasteiger partial charge on any atom is 0.332 e. The van der Waals surface area contributed by atoms with Gasteiger partial charge in [0.25, 0.3) is 0 Å². The zero-order valence-corrected chi connectivity index (χ0v) is 17.1. The molecule has 0 saturated carbocycles. The van der Waals surface area contributed by atoms with Gasteiger partial charge in [-0.3, -0.25) is 9.55 Å². The van der Waals surface area contributed by atoms with Gasteiger partial charge in [-0.2, -0.15) is 0 Å². The van der Waals surface area contributed by atoms with E-state index in [0.717, 1.165) is 16.7 Å². The highest BCUT2D eigenvalue weighted by Gasteiger charge is 2.26. The van der Waals surface area contributed by atoms with Crippen LogP contribution < -0.4 is 11.0 Å². The molecule has 2 aromatic heterocycles. The molecule has 2 heterocycles. The van der Waals surface area contributed by atoms with E-state index in [1.165, 1.54) is 20.4 Å². The summed E-state index contributed by atoms with van der Waals surface area (Å²) in [7, 11) is 1.20. The monoisotopic (exact) mass is 447 g/mol. The largest absolute Gasteiger partial charge is 0.467 e. The second-order valence-corrected chi connectivity index (χ2v) is 7.16. The molecule has 0 radical (unpaired) electrons. The summed E-state index contributed by atoms with van der Waals surface area (Å²) in [4.78, 5) is 34.3. The Labute approximate surface area is 178 Å². The number of nitrogens with zero attached hydrogens (tertiary/aromatic N) is 2. The van der Waals surface area contributed by atoms with Crippen LogP contribution >= 0.6 is 11.6 Å². The van der Waals surface area contributed by atoms with Crippen molar-refractivity contribution in [1.29, 1.82) is 0 Å². The fourth-order valence-electron chi connectivity index (χ4n) is 3.31. The van der Waals surface area contributed by atoms with Gasteiger partial charge in [0.2, 0.25) is 0 Å². The predicted octanol–water partition coefficient (Wildman–Crippen LogP) is 3.61. The molecule has 0 aliphatic carbocycles. The molecule has 8 nitrogen and oxygen atoms in total. The SMILES string of the molecule is COC(=O)C(C)Nc1[nH]c(=O)n(-c2ccc3nc[nH]c3c2)c1-c1c(F)cc(Cl)cc1F. The molecule has 4 aromatic rings. The second-order valence-electron chi connectivity index (χ2n) is 6.73. The number of carbonyl (C=O) groups excluding carboxylic acids is 1. The molecule has 11 heteroatoms. The summed E-state index contributed by atoms with van der Waals surface area (Å²) in [6.45, 7) is 1.48. The van der Waals surface area contributed by atoms with Crippen molar-refractivity contribution in [2.75, 3.05) is 12.4 Å². The van der Waals surface area contributed by atoms with E-state index in [1.54, 1.807) is 18.2 Å². The number of H-pyrrole nitrogens is 2. The predicted molar refractivity (Wildman–Crippen MR) is 112 cm³/mol. The number of imidazole rings is 2. The standard InChI is InChI=1S/C20H16ClF2N5O3/c1-9(19(29)31-2)26-18-17(16-12(22)5-10(21)6-13(16)23)28(20(30)27-18)11-3-4-14-15(7-11)25-8-24-14/h3-9,26H,1-2H3,(H,24,25)(H,27,30). The van der Waals surface area contributed by atoms with E-state index in [-0.39, 0.29) is 16.5 Å². The molecule has 1 unspecified atom stereocenters. The summed E-state index contributed by atoms with van der Waals surface area (Å²) in [6, 6.07) is 5.81. The number of aromatic nitrogens is 4. The van der Waals surface area contributed by atoms with Gasteiger partial charge in [0, 0.05) is 5.02 Å². The Kier molecular flexibility index (Phi) is 5.24. The smallest absolute Gasteiger partial charge is 0.332 e. The third-order valence-electron chi connectivity index (χ3n) is 4.72. The number of rotatable bonds is 5. The number of hydrogen-bond donors (Lipinski definition) is 3. The number of methoxy groups -OCH3 is 1. The molecule has 0 fully saturated rings. The van der Waals surface area contributed by atoms with Crippen LogP contribution in [0.3, 0.4) is 0 Å². The maximum atomic E-state index is 14.9. The number of benzene rings is 2. The average Bonchev–Trinajstić information content (AvgIpc) is 3.30. The highest BCUT2D eigenvalue weighted by Crippen LogP contribution is 2.34. The summed E-state index contributed by atoms with van der Waals surface area (Å²) >= 11 is 5.76. The van der Waals surface area contributed by atoms with Gasteiger partial charge in [-0.15, -0.1) is 0 Å². The van der Waals surface area contributed by atoms with E-state index in [9.17, 15) is 18.4 Å². The van der Waals surface area contributed by atoms with Crippen LogP contribution in [0, 0.1) is 11.6 Å². The number of ether oxygens (including phenoxy) is 1. The Morgan fingerprint density at radius 2 is 1.97 bits per heavy atom. The summed E-state index contributed by atoms with van der Waals surface area (Å²) in [6.07, 6.45) is 1.48. The number of halogens is 3. The molecule has 0 saturated heterocycles. The molecular weight excluding hydrogens is 432 g/mol. The normalized spacial score (nSPS) is 12.2. The third-order valence-corrected chi connectivity index (χ3v) is 4.93. The summed E-state index contributed by atoms with van der Waals surface area (Å²) in [5.41, 5.74) is 0.266. The molecule has 3 N–H and O–H groups in total. The fraction of sp³-hybridized carbons (Fsp3) is 0.150. The van der Waals surface area contributed by atoms with Crippen LogP contribution in [0.15, 0.2) is 41.5 Å². The minimum Gasteiger partial charge on any atom is -0.467 e. The van der Waals surface area contributed by atoms with Crippen LogP contribution in [-0.4, -0.2) is 38.6 Å². The topological polar surface area (TPSA) is 105 Å². The van der Waals surface area contributed by atoms with Crippen LogP contribution in [0.2, 0.25) is 5.02 Å². The van der Waals surface area contributed by atoms with Crippen molar-refractivity contribution in [3.05, 3.63) is 63.8 Å². The van der Waals surface area contributed by atoms with Crippen molar-refractivity contribution >= 4 is 34.4 Å². The van der Waals surface area contributed by atoms with Crippen LogP contribution in [0.25, 0.3) is 28.0 Å². The van der Waals surface area contributed by atoms with Gasteiger partial charge in [0.05, 0.1) is 35.7 Å². The molecule has 31 heavy (non-hydrogen) atoms. The Balaban J connectivity index is 1.99. The van der Waals surface area contributed by atoms with E-state index in [2.05, 4.69) is 25.0 Å². The Hall–Kier alpha value is -3.66. The van der Waals surface area contributed by atoms with Gasteiger partial charge < -0.3 is 15.0 Å². The molecule has 0 spiro atoms. The molecule has 0 amide bonds. The second kappa shape index (κ2) is 7.88. The minimum atomic E-state index is -0.978. The molecule has 1 atom stereocenters. The highest BCUT2D eigenvalue weighted by molar-refractivity contribution is 6.30. The first-order valence-electron chi connectivity index (χ1n) is 9.08. The first kappa shape index (κ1) is 20.6. The molecule has 160 valence electrons. The highest BCUT2D eigenvalue weighted by atomic mass is 35.5. The van der Waals surface area contributed by atoms with E-state index in [1.807, 2.05) is 0 Å². The van der Waals surface area contributed by atoms with Crippen molar-refractivity contribution in [2.24, 2.45) is 0 Å². The first-order chi connectivity index (χ1) is 14.8. The average molecular weight is 448 g/mol. The summed E-state index contributed by atoms with van der Waals surface area (Å²) in [5, 5.41) is 2.62. The lowest BCUT2D eigenvalue weighted by atomic mass is 10.1. The van der Waals surface area contributed by atoms with Gasteiger partial charge in [0.1, 0.15) is 29.2 Å². The lowest BCUT2D eigenvalue weighted by Gasteiger charge is -2.15. The molecular formula is C20H16ClF2N5O3. The third kappa shape index (κ3) is 3.66. The van der Waals surface area contributed by atoms with Crippen molar-refractivity contribution in [1.82, 2.24) is 19.5 Å². The molecule has 0 bridgehead atoms. The first-order valence-corrected chi connectivity index (χ1v) is 9.45. The summed E-state index contributed by atoms with van der Waals surface area (Å²) in [5.74, 6) is -2.65. The van der Waals surface area contributed by atoms with Gasteiger partial charge in [-0.25, -0.2) is 23.4 Å². The van der Waals surface area contributed by atoms with E-state index in [4.69, 9.17) is 11.6 Å². The number of hydrogen-bond acceptors (Lipinski definition) is 5. The van der Waals surface area contributed by atoms with Crippen LogP contribution in [0.4, 0.5) is 14.6 Å². The molecule has 2 aromatic carbocycles.